The summed E-state index contributed by atoms with van der Waals surface area (Å²) in [5, 5.41) is 18.2. The van der Waals surface area contributed by atoms with Crippen molar-refractivity contribution in [2.45, 2.75) is 133 Å². The van der Waals surface area contributed by atoms with Gasteiger partial charge < -0.3 is 53.3 Å². The van der Waals surface area contributed by atoms with Crippen molar-refractivity contribution in [3.05, 3.63) is 71.9 Å². The average Bonchev–Trinajstić information content (AvgIpc) is 3.95. The number of para-hydroxylation sites is 1. The van der Waals surface area contributed by atoms with Gasteiger partial charge in [0, 0.05) is 56.5 Å². The molecule has 1 aromatic heterocycles. The molecule has 65 heavy (non-hydrogen) atoms. The lowest BCUT2D eigenvalue weighted by molar-refractivity contribution is -0.142. The molecule has 11 N–H and O–H groups in total. The molecule has 3 aromatic rings. The Balaban J connectivity index is 1.31. The van der Waals surface area contributed by atoms with Crippen LogP contribution in [0.4, 0.5) is 0 Å². The SMILES string of the molecule is CC(=O)N[C@@H](Cc1ccccc1)C(=O)N[C@H]1CCCNC(=O)[C@H](CCCN=C(N)N)NC(=O)[C@@H](Cc2c[nH]c3ccccc23)NC(=O)[C@H](CC2CCCCC2)NC(=O)[C@@H]2CCCN2C1=O. The first-order valence-electron chi connectivity index (χ1n) is 23.1. The van der Waals surface area contributed by atoms with Gasteiger partial charge in [0.1, 0.15) is 36.3 Å². The number of aromatic nitrogens is 1. The fourth-order valence-corrected chi connectivity index (χ4v) is 9.28. The second-order valence-electron chi connectivity index (χ2n) is 17.6. The second-order valence-corrected chi connectivity index (χ2v) is 17.6. The van der Waals surface area contributed by atoms with Crippen LogP contribution in [0.5, 0.6) is 0 Å². The Morgan fingerprint density at radius 3 is 2.26 bits per heavy atom. The van der Waals surface area contributed by atoms with Gasteiger partial charge in [-0.1, -0.05) is 80.6 Å². The van der Waals surface area contributed by atoms with E-state index < -0.39 is 77.6 Å². The lowest BCUT2D eigenvalue weighted by Crippen LogP contribution is -2.60. The molecule has 2 saturated heterocycles. The normalized spacial score (nSPS) is 23.4. The number of nitrogens with one attached hydrogen (secondary N) is 7. The fourth-order valence-electron chi connectivity index (χ4n) is 9.28. The molecule has 3 aliphatic rings. The number of aromatic amines is 1. The molecule has 6 atom stereocenters. The van der Waals surface area contributed by atoms with Crippen LogP contribution < -0.4 is 43.4 Å². The number of H-pyrrole nitrogens is 1. The maximum absolute atomic E-state index is 14.6. The third-order valence-corrected chi connectivity index (χ3v) is 12.6. The highest BCUT2D eigenvalue weighted by atomic mass is 16.2. The Hall–Kier alpha value is -6.46. The molecule has 18 nitrogen and oxygen atoms in total. The molecular formula is C47H65N11O7. The van der Waals surface area contributed by atoms with E-state index in [1.807, 2.05) is 54.6 Å². The van der Waals surface area contributed by atoms with E-state index in [0.717, 1.165) is 54.1 Å². The van der Waals surface area contributed by atoms with Gasteiger partial charge in [-0.25, -0.2) is 0 Å². The minimum atomic E-state index is -1.14. The summed E-state index contributed by atoms with van der Waals surface area (Å²) in [4.78, 5) is 107. The number of amides is 7. The summed E-state index contributed by atoms with van der Waals surface area (Å²) < 4.78 is 0. The zero-order valence-electron chi connectivity index (χ0n) is 37.2. The first-order valence-corrected chi connectivity index (χ1v) is 23.1. The number of aliphatic imine (C=N–C) groups is 1. The smallest absolute Gasteiger partial charge is 0.245 e. The predicted octanol–water partition coefficient (Wildman–Crippen LogP) is 1.32. The van der Waals surface area contributed by atoms with Gasteiger partial charge >= 0.3 is 0 Å². The highest BCUT2D eigenvalue weighted by molar-refractivity contribution is 5.98. The molecule has 0 bridgehead atoms. The molecule has 0 unspecified atom stereocenters. The number of carbonyl (C=O) groups is 7. The minimum Gasteiger partial charge on any atom is -0.370 e. The van der Waals surface area contributed by atoms with E-state index in [9.17, 15) is 33.6 Å². The maximum atomic E-state index is 14.6. The molecule has 1 saturated carbocycles. The van der Waals surface area contributed by atoms with Crippen molar-refractivity contribution in [1.82, 2.24) is 41.8 Å². The average molecular weight is 896 g/mol. The Morgan fingerprint density at radius 2 is 1.51 bits per heavy atom. The summed E-state index contributed by atoms with van der Waals surface area (Å²) in [6.45, 7) is 1.82. The van der Waals surface area contributed by atoms with Crippen molar-refractivity contribution >= 4 is 58.2 Å². The summed E-state index contributed by atoms with van der Waals surface area (Å²) in [6.07, 6.45) is 8.88. The predicted molar refractivity (Wildman–Crippen MR) is 246 cm³/mol. The number of nitrogens with zero attached hydrogens (tertiary/aromatic N) is 2. The van der Waals surface area contributed by atoms with Crippen molar-refractivity contribution in [2.75, 3.05) is 19.6 Å². The van der Waals surface area contributed by atoms with Crippen LogP contribution in [0.2, 0.25) is 0 Å². The Labute approximate surface area is 379 Å². The summed E-state index contributed by atoms with van der Waals surface area (Å²) in [7, 11) is 0. The summed E-state index contributed by atoms with van der Waals surface area (Å²) in [6, 6.07) is 10.5. The standard InChI is InChI=1S/C47H65N11O7/c1-29(59)53-37(25-30-13-4-2-5-14-30)42(61)55-36-20-11-22-50-41(60)35(19-10-23-51-47(48)49)54-44(63)39(27-32-28-52-34-18-9-8-17-33(32)34)56-43(62)38(26-31-15-6-3-7-16-31)57-45(64)40-21-12-24-58(40)46(36)65/h2,4-5,8-9,13-14,17-18,28,31,35-40,52H,3,6-7,10-12,15-16,19-27H2,1H3,(H,50,60)(H,53,59)(H,54,63)(H,55,61)(H,56,62)(H,57,64)(H4,48,49,51)/t35-,36-,37-,38-,39+,40-/m0/s1. The van der Waals surface area contributed by atoms with Gasteiger partial charge in [-0.3, -0.25) is 38.6 Å². The van der Waals surface area contributed by atoms with E-state index in [-0.39, 0.29) is 63.6 Å². The third kappa shape index (κ3) is 13.8. The Kier molecular flexibility index (Phi) is 17.3. The molecular weight excluding hydrogens is 831 g/mol. The van der Waals surface area contributed by atoms with Gasteiger partial charge in [0.05, 0.1) is 0 Å². The van der Waals surface area contributed by atoms with Crippen molar-refractivity contribution in [1.29, 1.82) is 0 Å². The van der Waals surface area contributed by atoms with Crippen LogP contribution in [-0.2, 0) is 46.4 Å². The molecule has 0 radical (unpaired) electrons. The summed E-state index contributed by atoms with van der Waals surface area (Å²) in [5.74, 6) is -3.59. The molecule has 6 rings (SSSR count). The first-order chi connectivity index (χ1) is 31.4. The molecule has 3 fully saturated rings. The van der Waals surface area contributed by atoms with Gasteiger partial charge in [0.2, 0.25) is 41.4 Å². The molecule has 7 amide bonds. The van der Waals surface area contributed by atoms with Crippen molar-refractivity contribution in [3.63, 3.8) is 0 Å². The highest BCUT2D eigenvalue weighted by Crippen LogP contribution is 2.28. The first kappa shape index (κ1) is 48.0. The van der Waals surface area contributed by atoms with E-state index in [4.69, 9.17) is 11.5 Å². The van der Waals surface area contributed by atoms with E-state index in [2.05, 4.69) is 41.9 Å². The van der Waals surface area contributed by atoms with Crippen molar-refractivity contribution in [3.8, 4) is 0 Å². The lowest BCUT2D eigenvalue weighted by atomic mass is 9.84. The zero-order valence-corrected chi connectivity index (χ0v) is 37.2. The Morgan fingerprint density at radius 1 is 0.800 bits per heavy atom. The quantitative estimate of drug-likeness (QED) is 0.0679. The van der Waals surface area contributed by atoms with Crippen LogP contribution in [0.15, 0.2) is 65.8 Å². The molecule has 2 aromatic carbocycles. The largest absolute Gasteiger partial charge is 0.370 e. The number of fused-ring (bicyclic) bond motifs is 2. The third-order valence-electron chi connectivity index (χ3n) is 12.6. The van der Waals surface area contributed by atoms with Gasteiger partial charge in [0.25, 0.3) is 0 Å². The van der Waals surface area contributed by atoms with Gasteiger partial charge in [0.15, 0.2) is 5.96 Å². The molecule has 18 heteroatoms. The number of benzene rings is 2. The van der Waals surface area contributed by atoms with Gasteiger partial charge in [-0.15, -0.1) is 0 Å². The molecule has 1 aliphatic carbocycles. The van der Waals surface area contributed by atoms with E-state index in [0.29, 0.717) is 25.7 Å². The van der Waals surface area contributed by atoms with Crippen LogP contribution in [0.1, 0.15) is 95.1 Å². The van der Waals surface area contributed by atoms with Crippen LogP contribution >= 0.6 is 0 Å². The van der Waals surface area contributed by atoms with Crippen molar-refractivity contribution < 1.29 is 33.6 Å². The number of hydrogen-bond donors (Lipinski definition) is 9. The molecule has 0 spiro atoms. The van der Waals surface area contributed by atoms with E-state index >= 15 is 0 Å². The molecule has 2 aliphatic heterocycles. The highest BCUT2D eigenvalue weighted by Gasteiger charge is 2.40. The van der Waals surface area contributed by atoms with E-state index in [1.165, 1.54) is 11.8 Å². The molecule has 350 valence electrons. The zero-order chi connectivity index (χ0) is 46.3. The lowest BCUT2D eigenvalue weighted by Gasteiger charge is -2.32. The second kappa shape index (κ2) is 23.5. The number of hydrogen-bond acceptors (Lipinski definition) is 8. The Bertz CT molecular complexity index is 2170. The van der Waals surface area contributed by atoms with Crippen LogP contribution in [0, 0.1) is 5.92 Å². The van der Waals surface area contributed by atoms with E-state index in [1.54, 1.807) is 6.20 Å². The van der Waals surface area contributed by atoms with Gasteiger partial charge in [-0.05, 0) is 68.1 Å². The van der Waals surface area contributed by atoms with Crippen LogP contribution in [0.25, 0.3) is 10.9 Å². The van der Waals surface area contributed by atoms with Gasteiger partial charge in [-0.2, -0.15) is 0 Å². The molecule has 3 heterocycles. The topological polar surface area (TPSA) is 275 Å². The summed E-state index contributed by atoms with van der Waals surface area (Å²) in [5.41, 5.74) is 13.5. The van der Waals surface area contributed by atoms with Crippen molar-refractivity contribution in [2.24, 2.45) is 22.4 Å². The maximum Gasteiger partial charge on any atom is 0.245 e. The summed E-state index contributed by atoms with van der Waals surface area (Å²) >= 11 is 0. The number of nitrogens with two attached hydrogens (primary N) is 2. The number of rotatable bonds is 13. The van der Waals surface area contributed by atoms with Crippen LogP contribution in [-0.4, -0.2) is 113 Å². The van der Waals surface area contributed by atoms with Crippen LogP contribution in [0.3, 0.4) is 0 Å². The number of carbonyl (C=O) groups excluding carboxylic acids is 7. The fraction of sp³-hybridized carbons (Fsp3) is 0.532. The number of guanidine groups is 1. The monoisotopic (exact) mass is 896 g/mol. The minimum absolute atomic E-state index is 0.0696.